The minimum atomic E-state index is -3.91. The molecule has 0 fully saturated rings. The van der Waals surface area contributed by atoms with Crippen molar-refractivity contribution in [1.82, 2.24) is 18.3 Å². The molecule has 0 radical (unpaired) electrons. The average molecular weight is 373 g/mol. The molecule has 0 N–H and O–H groups in total. The first-order valence-corrected chi connectivity index (χ1v) is 9.06. The number of hydrogen-bond donors (Lipinski definition) is 0. The number of fused-ring (bicyclic) bond motifs is 2. The number of imidazole rings is 1. The van der Waals surface area contributed by atoms with E-state index in [-0.39, 0.29) is 10.2 Å². The van der Waals surface area contributed by atoms with Crippen LogP contribution in [-0.4, -0.2) is 26.8 Å². The van der Waals surface area contributed by atoms with Gasteiger partial charge in [-0.1, -0.05) is 23.2 Å². The Balaban J connectivity index is 2.04. The van der Waals surface area contributed by atoms with E-state index in [9.17, 15) is 8.42 Å². The second-order valence-electron chi connectivity index (χ2n) is 4.42. The molecule has 0 saturated heterocycles. The maximum atomic E-state index is 12.9. The molecule has 0 amide bonds. The number of thiazole rings is 1. The smallest absolute Gasteiger partial charge is 0.278 e. The summed E-state index contributed by atoms with van der Waals surface area (Å²) in [6.07, 6.45) is 3.04. The molecule has 4 aromatic heterocycles. The zero-order valence-electron chi connectivity index (χ0n) is 10.6. The molecule has 4 aromatic rings. The predicted molar refractivity (Wildman–Crippen MR) is 85.4 cm³/mol. The zero-order chi connectivity index (χ0) is 15.5. The summed E-state index contributed by atoms with van der Waals surface area (Å²) in [4.78, 5) is 8.67. The Bertz CT molecular complexity index is 1130. The second kappa shape index (κ2) is 4.69. The molecule has 6 nitrogen and oxygen atoms in total. The van der Waals surface area contributed by atoms with E-state index >= 15 is 0 Å². The van der Waals surface area contributed by atoms with Gasteiger partial charge in [0.1, 0.15) is 5.15 Å². The van der Waals surface area contributed by atoms with Crippen LogP contribution in [0.1, 0.15) is 0 Å². The number of nitrogens with zero attached hydrogens (tertiary/aromatic N) is 4. The molecular formula is C12H6Cl2N4O2S2. The van der Waals surface area contributed by atoms with Crippen LogP contribution in [0, 0.1) is 0 Å². The second-order valence-corrected chi connectivity index (χ2v) is 7.77. The summed E-state index contributed by atoms with van der Waals surface area (Å²) >= 11 is 13.2. The molecule has 0 aliphatic rings. The molecule has 112 valence electrons. The minimum absolute atomic E-state index is 0.0596. The van der Waals surface area contributed by atoms with Gasteiger partial charge in [-0.3, -0.25) is 4.40 Å². The van der Waals surface area contributed by atoms with E-state index in [1.807, 2.05) is 0 Å². The van der Waals surface area contributed by atoms with Crippen LogP contribution in [0.5, 0.6) is 0 Å². The summed E-state index contributed by atoms with van der Waals surface area (Å²) in [7, 11) is -3.91. The maximum absolute atomic E-state index is 12.9. The molecule has 0 bridgehead atoms. The van der Waals surface area contributed by atoms with Crippen LogP contribution in [0.3, 0.4) is 0 Å². The van der Waals surface area contributed by atoms with Gasteiger partial charge in [-0.05, 0) is 18.2 Å². The van der Waals surface area contributed by atoms with Crippen LogP contribution in [0.2, 0.25) is 10.3 Å². The molecular weight excluding hydrogens is 367 g/mol. The van der Waals surface area contributed by atoms with Gasteiger partial charge >= 0.3 is 0 Å². The fraction of sp³-hybridized carbons (Fsp3) is 0. The molecule has 10 heteroatoms. The lowest BCUT2D eigenvalue weighted by Crippen LogP contribution is -2.14. The molecule has 0 aliphatic heterocycles. The van der Waals surface area contributed by atoms with E-state index in [0.717, 1.165) is 3.97 Å². The highest BCUT2D eigenvalue weighted by Crippen LogP contribution is 2.29. The molecule has 0 spiro atoms. The van der Waals surface area contributed by atoms with Crippen LogP contribution in [0.25, 0.3) is 16.0 Å². The van der Waals surface area contributed by atoms with E-state index in [0.29, 0.717) is 21.1 Å². The summed E-state index contributed by atoms with van der Waals surface area (Å²) in [6, 6.07) is 4.72. The average Bonchev–Trinajstić information content (AvgIpc) is 3.10. The summed E-state index contributed by atoms with van der Waals surface area (Å²) in [5, 5.41) is 1.91. The summed E-state index contributed by atoms with van der Waals surface area (Å²) in [6.45, 7) is 0. The Labute approximate surface area is 138 Å². The van der Waals surface area contributed by atoms with Crippen molar-refractivity contribution in [2.75, 3.05) is 0 Å². The van der Waals surface area contributed by atoms with Crippen LogP contribution in [-0.2, 0) is 10.0 Å². The Morgan fingerprint density at radius 2 is 1.91 bits per heavy atom. The molecule has 4 heterocycles. The Morgan fingerprint density at radius 3 is 2.73 bits per heavy atom. The first-order chi connectivity index (χ1) is 10.5. The van der Waals surface area contributed by atoms with Crippen molar-refractivity contribution in [3.05, 3.63) is 46.3 Å². The van der Waals surface area contributed by atoms with Crippen LogP contribution in [0.4, 0.5) is 0 Å². The highest BCUT2D eigenvalue weighted by molar-refractivity contribution is 7.90. The summed E-state index contributed by atoms with van der Waals surface area (Å²) in [5.41, 5.74) is 0.906. The highest BCUT2D eigenvalue weighted by atomic mass is 35.5. The monoisotopic (exact) mass is 372 g/mol. The molecule has 4 rings (SSSR count). The quantitative estimate of drug-likeness (QED) is 0.506. The van der Waals surface area contributed by atoms with Crippen molar-refractivity contribution in [2.45, 2.75) is 5.03 Å². The number of rotatable bonds is 2. The van der Waals surface area contributed by atoms with E-state index in [4.69, 9.17) is 23.2 Å². The van der Waals surface area contributed by atoms with Crippen molar-refractivity contribution in [3.63, 3.8) is 0 Å². The first-order valence-electron chi connectivity index (χ1n) is 5.99. The van der Waals surface area contributed by atoms with E-state index < -0.39 is 10.0 Å². The van der Waals surface area contributed by atoms with Gasteiger partial charge in [-0.15, -0.1) is 11.3 Å². The van der Waals surface area contributed by atoms with Crippen LogP contribution < -0.4 is 0 Å². The van der Waals surface area contributed by atoms with Crippen molar-refractivity contribution in [3.8, 4) is 0 Å². The Kier molecular flexibility index (Phi) is 2.99. The molecule has 0 atom stereocenters. The molecule has 0 aliphatic carbocycles. The van der Waals surface area contributed by atoms with Crippen LogP contribution in [0.15, 0.2) is 41.0 Å². The lowest BCUT2D eigenvalue weighted by molar-refractivity contribution is 0.584. The molecule has 22 heavy (non-hydrogen) atoms. The van der Waals surface area contributed by atoms with Gasteiger partial charge in [-0.25, -0.2) is 13.9 Å². The van der Waals surface area contributed by atoms with Crippen molar-refractivity contribution in [2.24, 2.45) is 0 Å². The predicted octanol–water partition coefficient (Wildman–Crippen LogP) is 3.29. The summed E-state index contributed by atoms with van der Waals surface area (Å²) in [5.74, 6) is 0. The van der Waals surface area contributed by atoms with Gasteiger partial charge in [0.2, 0.25) is 5.03 Å². The Morgan fingerprint density at radius 1 is 1.09 bits per heavy atom. The van der Waals surface area contributed by atoms with Crippen molar-refractivity contribution >= 4 is 60.6 Å². The Hall–Kier alpha value is -1.61. The molecule has 0 saturated carbocycles. The number of pyridine rings is 1. The largest absolute Gasteiger partial charge is 0.287 e. The fourth-order valence-corrected chi connectivity index (χ4v) is 5.16. The van der Waals surface area contributed by atoms with Gasteiger partial charge in [-0.2, -0.15) is 8.42 Å². The van der Waals surface area contributed by atoms with Gasteiger partial charge < -0.3 is 0 Å². The highest BCUT2D eigenvalue weighted by Gasteiger charge is 2.28. The number of halogens is 2. The van der Waals surface area contributed by atoms with Gasteiger partial charge in [0.05, 0.1) is 11.0 Å². The van der Waals surface area contributed by atoms with Crippen molar-refractivity contribution < 1.29 is 8.42 Å². The van der Waals surface area contributed by atoms with E-state index in [1.165, 1.54) is 28.0 Å². The number of hydrogen-bond acceptors (Lipinski definition) is 5. The normalized spacial score (nSPS) is 12.5. The summed E-state index contributed by atoms with van der Waals surface area (Å²) < 4.78 is 28.5. The SMILES string of the molecule is O=S(=O)(c1c(Cl)nc2sccn12)n1ccc2nc(Cl)ccc21. The third-order valence-electron chi connectivity index (χ3n) is 3.16. The third-order valence-corrected chi connectivity index (χ3v) is 6.21. The zero-order valence-corrected chi connectivity index (χ0v) is 13.8. The standard InChI is InChI=1S/C12H6Cl2N4O2S2/c13-9-2-1-8-7(15-9)3-4-18(8)22(19,20)11-10(14)16-12-17(11)5-6-21-12/h1-6H. The third kappa shape index (κ3) is 1.88. The van der Waals surface area contributed by atoms with E-state index in [1.54, 1.807) is 23.7 Å². The fourth-order valence-electron chi connectivity index (χ4n) is 2.24. The van der Waals surface area contributed by atoms with Gasteiger partial charge in [0, 0.05) is 17.8 Å². The lowest BCUT2D eigenvalue weighted by Gasteiger charge is -2.06. The minimum Gasteiger partial charge on any atom is -0.278 e. The molecule has 0 unspecified atom stereocenters. The molecule has 0 aromatic carbocycles. The van der Waals surface area contributed by atoms with Gasteiger partial charge in [0.15, 0.2) is 10.1 Å². The van der Waals surface area contributed by atoms with Gasteiger partial charge in [0.25, 0.3) is 10.0 Å². The van der Waals surface area contributed by atoms with E-state index in [2.05, 4.69) is 9.97 Å². The lowest BCUT2D eigenvalue weighted by atomic mass is 10.4. The first kappa shape index (κ1) is 14.0. The van der Waals surface area contributed by atoms with Crippen LogP contribution >= 0.6 is 34.5 Å². The number of aromatic nitrogens is 4. The topological polar surface area (TPSA) is 69.3 Å². The maximum Gasteiger partial charge on any atom is 0.287 e. The van der Waals surface area contributed by atoms with Crippen molar-refractivity contribution in [1.29, 1.82) is 0 Å².